The Labute approximate surface area is 117 Å². The Kier molecular flexibility index (Phi) is 5.03. The lowest BCUT2D eigenvalue weighted by Crippen LogP contribution is -2.22. The second-order valence-corrected chi connectivity index (χ2v) is 5.98. The van der Waals surface area contributed by atoms with Gasteiger partial charge in [-0.25, -0.2) is 5.84 Å². The Balaban J connectivity index is 2.00. The molecule has 1 saturated heterocycles. The van der Waals surface area contributed by atoms with Crippen LogP contribution in [-0.2, 0) is 0 Å². The predicted molar refractivity (Wildman–Crippen MR) is 80.5 cm³/mol. The van der Waals surface area contributed by atoms with Crippen LogP contribution in [-0.4, -0.2) is 47.1 Å². The molecule has 2 heterocycles. The summed E-state index contributed by atoms with van der Waals surface area (Å²) >= 11 is 2.03. The van der Waals surface area contributed by atoms with Crippen LogP contribution in [0.15, 0.2) is 0 Å². The summed E-state index contributed by atoms with van der Waals surface area (Å²) in [5, 5.41) is 3.29. The maximum absolute atomic E-state index is 5.37. The quantitative estimate of drug-likeness (QED) is 0.539. The van der Waals surface area contributed by atoms with E-state index in [0.717, 1.165) is 6.54 Å². The largest absolute Gasteiger partial charge is 0.354 e. The smallest absolute Gasteiger partial charge is 0.243 e. The minimum Gasteiger partial charge on any atom is -0.354 e. The molecule has 1 fully saturated rings. The van der Waals surface area contributed by atoms with Gasteiger partial charge in [-0.05, 0) is 30.3 Å². The molecule has 19 heavy (non-hydrogen) atoms. The Morgan fingerprint density at radius 1 is 1.21 bits per heavy atom. The van der Waals surface area contributed by atoms with E-state index in [2.05, 4.69) is 25.7 Å². The highest BCUT2D eigenvalue weighted by molar-refractivity contribution is 7.99. The summed E-state index contributed by atoms with van der Waals surface area (Å²) in [5.74, 6) is 10.1. The van der Waals surface area contributed by atoms with E-state index in [0.29, 0.717) is 23.8 Å². The summed E-state index contributed by atoms with van der Waals surface area (Å²) < 4.78 is 0. The molecule has 0 bridgehead atoms. The zero-order chi connectivity index (χ0) is 13.7. The number of nitrogens with one attached hydrogen (secondary N) is 2. The van der Waals surface area contributed by atoms with Crippen LogP contribution in [0.4, 0.5) is 17.8 Å². The zero-order valence-electron chi connectivity index (χ0n) is 11.4. The molecule has 0 aromatic carbocycles. The van der Waals surface area contributed by atoms with Gasteiger partial charge >= 0.3 is 0 Å². The molecule has 1 aromatic rings. The highest BCUT2D eigenvalue weighted by Crippen LogP contribution is 2.22. The van der Waals surface area contributed by atoms with Gasteiger partial charge in [0.15, 0.2) is 0 Å². The second-order valence-electron chi connectivity index (χ2n) is 4.76. The first-order chi connectivity index (χ1) is 9.19. The summed E-state index contributed by atoms with van der Waals surface area (Å²) in [5.41, 5.74) is 2.47. The molecule has 1 aliphatic heterocycles. The fourth-order valence-corrected chi connectivity index (χ4v) is 3.10. The lowest BCUT2D eigenvalue weighted by molar-refractivity contribution is 0.514. The van der Waals surface area contributed by atoms with Crippen LogP contribution < -0.4 is 21.5 Å². The van der Waals surface area contributed by atoms with Crippen LogP contribution in [0.5, 0.6) is 0 Å². The van der Waals surface area contributed by atoms with Gasteiger partial charge in [0.25, 0.3) is 0 Å². The molecular formula is C11H21N7S. The van der Waals surface area contributed by atoms with Gasteiger partial charge in [-0.3, -0.25) is 5.43 Å². The van der Waals surface area contributed by atoms with Crippen molar-refractivity contribution in [2.75, 3.05) is 47.8 Å². The van der Waals surface area contributed by atoms with Gasteiger partial charge in [-0.2, -0.15) is 26.7 Å². The molecule has 7 nitrogen and oxygen atoms in total. The molecule has 0 amide bonds. The third-order valence-corrected chi connectivity index (χ3v) is 4.09. The molecular weight excluding hydrogens is 262 g/mol. The molecule has 0 aliphatic carbocycles. The molecule has 0 atom stereocenters. The van der Waals surface area contributed by atoms with Gasteiger partial charge in [0.05, 0.1) is 0 Å². The molecule has 4 N–H and O–H groups in total. The zero-order valence-corrected chi connectivity index (χ0v) is 12.2. The van der Waals surface area contributed by atoms with E-state index in [4.69, 9.17) is 5.84 Å². The SMILES string of the molecule is CN(C)c1nc(NN)nc(NCC2CCSCC2)n1. The summed E-state index contributed by atoms with van der Waals surface area (Å²) in [6.07, 6.45) is 2.51. The van der Waals surface area contributed by atoms with E-state index in [1.807, 2.05) is 30.8 Å². The number of hydrogen-bond acceptors (Lipinski definition) is 8. The third kappa shape index (κ3) is 4.10. The van der Waals surface area contributed by atoms with Crippen molar-refractivity contribution in [3.05, 3.63) is 0 Å². The van der Waals surface area contributed by atoms with Crippen LogP contribution >= 0.6 is 11.8 Å². The fourth-order valence-electron chi connectivity index (χ4n) is 1.89. The summed E-state index contributed by atoms with van der Waals surface area (Å²) in [6, 6.07) is 0. The maximum Gasteiger partial charge on any atom is 0.243 e. The van der Waals surface area contributed by atoms with Gasteiger partial charge in [0, 0.05) is 20.6 Å². The number of hydrazine groups is 1. The van der Waals surface area contributed by atoms with Crippen LogP contribution in [0.2, 0.25) is 0 Å². The normalized spacial score (nSPS) is 16.2. The third-order valence-electron chi connectivity index (χ3n) is 3.04. The number of thioether (sulfide) groups is 1. The van der Waals surface area contributed by atoms with E-state index in [1.54, 1.807) is 0 Å². The van der Waals surface area contributed by atoms with Crippen molar-refractivity contribution in [1.29, 1.82) is 0 Å². The number of nitrogens with two attached hydrogens (primary N) is 1. The summed E-state index contributed by atoms with van der Waals surface area (Å²) in [4.78, 5) is 14.6. The van der Waals surface area contributed by atoms with Crippen molar-refractivity contribution in [3.8, 4) is 0 Å². The van der Waals surface area contributed by atoms with Crippen molar-refractivity contribution < 1.29 is 0 Å². The topological polar surface area (TPSA) is 92.0 Å². The number of rotatable bonds is 5. The fraction of sp³-hybridized carbons (Fsp3) is 0.727. The maximum atomic E-state index is 5.37. The van der Waals surface area contributed by atoms with Gasteiger partial charge in [-0.15, -0.1) is 0 Å². The van der Waals surface area contributed by atoms with E-state index in [-0.39, 0.29) is 0 Å². The average molecular weight is 283 g/mol. The molecule has 0 radical (unpaired) electrons. The minimum atomic E-state index is 0.375. The average Bonchev–Trinajstić information content (AvgIpc) is 2.45. The first kappa shape index (κ1) is 14.1. The lowest BCUT2D eigenvalue weighted by Gasteiger charge is -2.21. The van der Waals surface area contributed by atoms with Gasteiger partial charge in [0.2, 0.25) is 17.8 Å². The molecule has 106 valence electrons. The minimum absolute atomic E-state index is 0.375. The van der Waals surface area contributed by atoms with Crippen LogP contribution in [0.25, 0.3) is 0 Å². The highest BCUT2D eigenvalue weighted by Gasteiger charge is 2.14. The van der Waals surface area contributed by atoms with E-state index < -0.39 is 0 Å². The van der Waals surface area contributed by atoms with Gasteiger partial charge in [-0.1, -0.05) is 0 Å². The van der Waals surface area contributed by atoms with E-state index in [1.165, 1.54) is 24.3 Å². The Morgan fingerprint density at radius 2 is 1.89 bits per heavy atom. The molecule has 8 heteroatoms. The van der Waals surface area contributed by atoms with Crippen molar-refractivity contribution in [1.82, 2.24) is 15.0 Å². The summed E-state index contributed by atoms with van der Waals surface area (Å²) in [6.45, 7) is 0.904. The van der Waals surface area contributed by atoms with Gasteiger partial charge in [0.1, 0.15) is 0 Å². The number of nitrogens with zero attached hydrogens (tertiary/aromatic N) is 4. The molecule has 2 rings (SSSR count). The van der Waals surface area contributed by atoms with Crippen LogP contribution in [0.3, 0.4) is 0 Å². The standard InChI is InChI=1S/C11H21N7S/c1-18(2)11-15-9(14-10(16-11)17-12)13-7-8-3-5-19-6-4-8/h8H,3-7,12H2,1-2H3,(H2,13,14,15,16,17). The highest BCUT2D eigenvalue weighted by atomic mass is 32.2. The van der Waals surface area contributed by atoms with Crippen LogP contribution in [0.1, 0.15) is 12.8 Å². The summed E-state index contributed by atoms with van der Waals surface area (Å²) in [7, 11) is 3.77. The van der Waals surface area contributed by atoms with E-state index >= 15 is 0 Å². The Hall–Kier alpha value is -1.28. The Bertz CT molecular complexity index is 406. The number of anilines is 3. The first-order valence-electron chi connectivity index (χ1n) is 6.40. The van der Waals surface area contributed by atoms with Gasteiger partial charge < -0.3 is 10.2 Å². The number of nitrogen functional groups attached to an aromatic ring is 1. The predicted octanol–water partition coefficient (Wildman–Crippen LogP) is 0.778. The Morgan fingerprint density at radius 3 is 2.53 bits per heavy atom. The molecule has 1 aliphatic rings. The molecule has 0 saturated carbocycles. The lowest BCUT2D eigenvalue weighted by atomic mass is 10.0. The molecule has 1 aromatic heterocycles. The second kappa shape index (κ2) is 6.76. The molecule has 0 unspecified atom stereocenters. The number of aromatic nitrogens is 3. The van der Waals surface area contributed by atoms with Crippen LogP contribution in [0, 0.1) is 5.92 Å². The number of hydrogen-bond donors (Lipinski definition) is 3. The van der Waals surface area contributed by atoms with Crippen molar-refractivity contribution in [3.63, 3.8) is 0 Å². The van der Waals surface area contributed by atoms with Crippen molar-refractivity contribution >= 4 is 29.6 Å². The molecule has 0 spiro atoms. The monoisotopic (exact) mass is 283 g/mol. The van der Waals surface area contributed by atoms with Crippen molar-refractivity contribution in [2.24, 2.45) is 11.8 Å². The first-order valence-corrected chi connectivity index (χ1v) is 7.56. The van der Waals surface area contributed by atoms with Crippen molar-refractivity contribution in [2.45, 2.75) is 12.8 Å². The van der Waals surface area contributed by atoms with E-state index in [9.17, 15) is 0 Å².